The van der Waals surface area contributed by atoms with E-state index in [-0.39, 0.29) is 6.04 Å². The van der Waals surface area contributed by atoms with Crippen molar-refractivity contribution in [3.05, 3.63) is 17.6 Å². The minimum Gasteiger partial charge on any atom is -0.354 e. The number of anilines is 1. The molecule has 5 nitrogen and oxygen atoms in total. The van der Waals surface area contributed by atoms with Crippen molar-refractivity contribution in [2.75, 3.05) is 18.0 Å². The molecule has 0 amide bonds. The minimum atomic E-state index is 0.267. The van der Waals surface area contributed by atoms with Crippen LogP contribution in [0.4, 0.5) is 5.82 Å². The number of aromatic nitrogens is 3. The van der Waals surface area contributed by atoms with Crippen LogP contribution in [0.15, 0.2) is 17.6 Å². The Labute approximate surface area is 104 Å². The van der Waals surface area contributed by atoms with E-state index < -0.39 is 0 Å². The Hall–Kier alpha value is -1.40. The highest BCUT2D eigenvalue weighted by atomic mass is 32.1. The molecule has 0 aliphatic carbocycles. The fourth-order valence-electron chi connectivity index (χ4n) is 2.16. The number of nitrogens with zero attached hydrogens (tertiary/aromatic N) is 3. The smallest absolute Gasteiger partial charge is 0.151 e. The molecule has 1 saturated heterocycles. The Bertz CT molecular complexity index is 478. The van der Waals surface area contributed by atoms with Gasteiger partial charge in [-0.1, -0.05) is 0 Å². The average Bonchev–Trinajstić information content (AvgIpc) is 3.00. The third-order valence-electron chi connectivity index (χ3n) is 3.01. The van der Waals surface area contributed by atoms with Gasteiger partial charge in [-0.2, -0.15) is 5.10 Å². The summed E-state index contributed by atoms with van der Waals surface area (Å²) in [6.45, 7) is 1.93. The van der Waals surface area contributed by atoms with E-state index in [1.54, 1.807) is 17.5 Å². The summed E-state index contributed by atoms with van der Waals surface area (Å²) >= 11 is 1.61. The predicted octanol–water partition coefficient (Wildman–Crippen LogP) is 1.46. The van der Waals surface area contributed by atoms with E-state index in [1.165, 1.54) is 0 Å². The highest BCUT2D eigenvalue weighted by Crippen LogP contribution is 2.24. The Morgan fingerprint density at radius 3 is 3.24 bits per heavy atom. The molecule has 17 heavy (non-hydrogen) atoms. The Morgan fingerprint density at radius 2 is 2.47 bits per heavy atom. The molecule has 0 radical (unpaired) electrons. The molecule has 3 heterocycles. The first-order valence-corrected chi connectivity index (χ1v) is 6.67. The van der Waals surface area contributed by atoms with Gasteiger partial charge in [0.1, 0.15) is 5.01 Å². The number of thiazole rings is 1. The number of hydrogen-bond donors (Lipinski definition) is 2. The molecular weight excluding hydrogens is 234 g/mol. The highest BCUT2D eigenvalue weighted by molar-refractivity contribution is 7.13. The molecule has 3 rings (SSSR count). The lowest BCUT2D eigenvalue weighted by Crippen LogP contribution is -2.43. The Morgan fingerprint density at radius 1 is 1.53 bits per heavy atom. The summed E-state index contributed by atoms with van der Waals surface area (Å²) in [5.74, 6) is 0.977. The van der Waals surface area contributed by atoms with Crippen LogP contribution in [0.5, 0.6) is 0 Å². The van der Waals surface area contributed by atoms with Crippen molar-refractivity contribution >= 4 is 17.2 Å². The number of rotatable bonds is 2. The number of hydrogen-bond acceptors (Lipinski definition) is 5. The number of aromatic amines is 1. The van der Waals surface area contributed by atoms with Crippen molar-refractivity contribution in [1.29, 1.82) is 0 Å². The molecule has 0 saturated carbocycles. The van der Waals surface area contributed by atoms with E-state index in [0.717, 1.165) is 42.5 Å². The quantitative estimate of drug-likeness (QED) is 0.845. The van der Waals surface area contributed by atoms with Crippen LogP contribution in [-0.4, -0.2) is 34.3 Å². The largest absolute Gasteiger partial charge is 0.354 e. The second kappa shape index (κ2) is 4.46. The second-order valence-corrected chi connectivity index (χ2v) is 5.22. The van der Waals surface area contributed by atoms with Crippen LogP contribution in [0.3, 0.4) is 0 Å². The van der Waals surface area contributed by atoms with Gasteiger partial charge in [0, 0.05) is 36.8 Å². The van der Waals surface area contributed by atoms with E-state index >= 15 is 0 Å². The third kappa shape index (κ3) is 2.18. The van der Waals surface area contributed by atoms with Gasteiger partial charge in [0.15, 0.2) is 5.82 Å². The van der Waals surface area contributed by atoms with Gasteiger partial charge >= 0.3 is 0 Å². The molecule has 1 aliphatic rings. The molecule has 0 spiro atoms. The van der Waals surface area contributed by atoms with Crippen molar-refractivity contribution in [3.63, 3.8) is 0 Å². The molecular formula is C11H15N5S. The van der Waals surface area contributed by atoms with E-state index in [1.807, 2.05) is 5.38 Å². The third-order valence-corrected chi connectivity index (χ3v) is 3.82. The van der Waals surface area contributed by atoms with Crippen LogP contribution in [0.1, 0.15) is 12.8 Å². The molecule has 2 aromatic heterocycles. The average molecular weight is 249 g/mol. The van der Waals surface area contributed by atoms with E-state index in [4.69, 9.17) is 5.73 Å². The van der Waals surface area contributed by atoms with Crippen LogP contribution in [-0.2, 0) is 0 Å². The highest BCUT2D eigenvalue weighted by Gasteiger charge is 2.19. The summed E-state index contributed by atoms with van der Waals surface area (Å²) in [4.78, 5) is 6.50. The van der Waals surface area contributed by atoms with Crippen LogP contribution in [0.2, 0.25) is 0 Å². The van der Waals surface area contributed by atoms with Crippen molar-refractivity contribution in [2.45, 2.75) is 18.9 Å². The molecule has 1 fully saturated rings. The van der Waals surface area contributed by atoms with Gasteiger partial charge in [-0.15, -0.1) is 11.3 Å². The Kier molecular flexibility index (Phi) is 2.82. The number of H-pyrrole nitrogens is 1. The summed E-state index contributed by atoms with van der Waals surface area (Å²) in [5, 5.41) is 10.3. The first kappa shape index (κ1) is 10.7. The zero-order chi connectivity index (χ0) is 11.7. The van der Waals surface area contributed by atoms with Crippen LogP contribution < -0.4 is 10.6 Å². The maximum Gasteiger partial charge on any atom is 0.151 e. The zero-order valence-corrected chi connectivity index (χ0v) is 10.3. The van der Waals surface area contributed by atoms with E-state index in [0.29, 0.717) is 0 Å². The lowest BCUT2D eigenvalue weighted by atomic mass is 10.1. The number of nitrogens with two attached hydrogens (primary N) is 1. The molecule has 0 bridgehead atoms. The van der Waals surface area contributed by atoms with Crippen molar-refractivity contribution in [3.8, 4) is 10.7 Å². The summed E-state index contributed by atoms with van der Waals surface area (Å²) < 4.78 is 0. The molecule has 0 aromatic carbocycles. The summed E-state index contributed by atoms with van der Waals surface area (Å²) in [5.41, 5.74) is 6.95. The maximum absolute atomic E-state index is 5.97. The fraction of sp³-hybridized carbons (Fsp3) is 0.455. The SMILES string of the molecule is NC1CCCN(c2cc(-c3nccs3)[nH]n2)C1. The van der Waals surface area contributed by atoms with E-state index in [2.05, 4.69) is 26.1 Å². The first-order valence-electron chi connectivity index (χ1n) is 5.79. The van der Waals surface area contributed by atoms with Crippen molar-refractivity contribution < 1.29 is 0 Å². The molecule has 1 atom stereocenters. The van der Waals surface area contributed by atoms with Crippen molar-refractivity contribution in [2.24, 2.45) is 5.73 Å². The Balaban J connectivity index is 1.80. The van der Waals surface area contributed by atoms with Gasteiger partial charge < -0.3 is 10.6 Å². The minimum absolute atomic E-state index is 0.267. The van der Waals surface area contributed by atoms with Gasteiger partial charge in [0.05, 0.1) is 5.69 Å². The topological polar surface area (TPSA) is 70.8 Å². The summed E-state index contributed by atoms with van der Waals surface area (Å²) in [6, 6.07) is 2.32. The van der Waals surface area contributed by atoms with Gasteiger partial charge in [0.25, 0.3) is 0 Å². The predicted molar refractivity (Wildman–Crippen MR) is 69.1 cm³/mol. The monoisotopic (exact) mass is 249 g/mol. The zero-order valence-electron chi connectivity index (χ0n) is 9.47. The van der Waals surface area contributed by atoms with Gasteiger partial charge in [-0.05, 0) is 12.8 Å². The molecule has 1 unspecified atom stereocenters. The number of nitrogens with one attached hydrogen (secondary N) is 1. The molecule has 1 aliphatic heterocycles. The normalized spacial score (nSPS) is 20.8. The van der Waals surface area contributed by atoms with Gasteiger partial charge in [-0.3, -0.25) is 5.10 Å². The second-order valence-electron chi connectivity index (χ2n) is 4.33. The molecule has 3 N–H and O–H groups in total. The van der Waals surface area contributed by atoms with Crippen LogP contribution in [0.25, 0.3) is 10.7 Å². The lowest BCUT2D eigenvalue weighted by molar-refractivity contribution is 0.503. The first-order chi connectivity index (χ1) is 8.33. The summed E-state index contributed by atoms with van der Waals surface area (Å²) in [7, 11) is 0. The van der Waals surface area contributed by atoms with Gasteiger partial charge in [-0.25, -0.2) is 4.98 Å². The molecule has 90 valence electrons. The maximum atomic E-state index is 5.97. The standard InChI is InChI=1S/C11H15N5S/c12-8-2-1-4-16(7-8)10-6-9(14-15-10)11-13-3-5-17-11/h3,5-6,8H,1-2,4,7,12H2,(H,14,15). The summed E-state index contributed by atoms with van der Waals surface area (Å²) in [6.07, 6.45) is 4.05. The van der Waals surface area contributed by atoms with Crippen LogP contribution in [0, 0.1) is 0 Å². The van der Waals surface area contributed by atoms with Crippen LogP contribution >= 0.6 is 11.3 Å². The molecule has 6 heteroatoms. The molecule has 2 aromatic rings. The lowest BCUT2D eigenvalue weighted by Gasteiger charge is -2.30. The van der Waals surface area contributed by atoms with Gasteiger partial charge in [0.2, 0.25) is 0 Å². The van der Waals surface area contributed by atoms with E-state index in [9.17, 15) is 0 Å². The number of piperidine rings is 1. The fourth-order valence-corrected chi connectivity index (χ4v) is 2.76. The van der Waals surface area contributed by atoms with Crippen molar-refractivity contribution in [1.82, 2.24) is 15.2 Å².